The Morgan fingerprint density at radius 1 is 1.10 bits per heavy atom. The number of hydrogen-bond acceptors (Lipinski definition) is 5. The molecular weight excluding hydrogens is 439 g/mol. The van der Waals surface area contributed by atoms with Gasteiger partial charge in [0.25, 0.3) is 11.6 Å². The Kier molecular flexibility index (Phi) is 7.01. The van der Waals surface area contributed by atoms with Gasteiger partial charge in [-0.1, -0.05) is 23.7 Å². The molecule has 11 heteroatoms. The maximum atomic E-state index is 13.0. The number of ether oxygens (including phenoxy) is 1. The smallest absolute Gasteiger partial charge is 0.423 e. The van der Waals surface area contributed by atoms with Crippen molar-refractivity contribution in [2.45, 2.75) is 12.7 Å². The van der Waals surface area contributed by atoms with Crippen LogP contribution in [0, 0.1) is 10.1 Å². The molecule has 0 radical (unpaired) electrons. The highest BCUT2D eigenvalue weighted by molar-refractivity contribution is 6.30. The van der Waals surface area contributed by atoms with E-state index in [1.54, 1.807) is 4.90 Å². The molecule has 1 heterocycles. The lowest BCUT2D eigenvalue weighted by Gasteiger charge is -2.34. The molecule has 0 aliphatic carbocycles. The number of halogens is 4. The van der Waals surface area contributed by atoms with E-state index >= 15 is 0 Å². The van der Waals surface area contributed by atoms with E-state index in [2.05, 4.69) is 4.90 Å². The largest absolute Gasteiger partial charge is 0.484 e. The number of nitrogens with zero attached hydrogens (tertiary/aromatic N) is 3. The first kappa shape index (κ1) is 22.8. The summed E-state index contributed by atoms with van der Waals surface area (Å²) in [6.07, 6.45) is -4.91. The van der Waals surface area contributed by atoms with Crippen LogP contribution in [0.5, 0.6) is 5.75 Å². The van der Waals surface area contributed by atoms with Crippen molar-refractivity contribution in [3.8, 4) is 5.75 Å². The molecule has 1 aliphatic rings. The van der Waals surface area contributed by atoms with E-state index in [1.165, 1.54) is 0 Å². The molecule has 2 aromatic rings. The van der Waals surface area contributed by atoms with Gasteiger partial charge < -0.3 is 9.64 Å². The lowest BCUT2D eigenvalue weighted by molar-refractivity contribution is -0.388. The van der Waals surface area contributed by atoms with Crippen LogP contribution in [0.3, 0.4) is 0 Å². The molecule has 1 fully saturated rings. The zero-order valence-electron chi connectivity index (χ0n) is 16.3. The third kappa shape index (κ3) is 6.08. The highest BCUT2D eigenvalue weighted by Gasteiger charge is 2.38. The zero-order chi connectivity index (χ0) is 22.6. The van der Waals surface area contributed by atoms with Gasteiger partial charge in [-0.05, 0) is 29.8 Å². The standard InChI is InChI=1S/C20H19ClF3N3O4/c21-15-3-1-14(2-4-15)12-25-7-9-26(10-8-25)19(28)13-31-16-5-6-18(27(29)30)17(11-16)20(22,23)24/h1-6,11H,7-10,12-13H2. The third-order valence-electron chi connectivity index (χ3n) is 4.88. The van der Waals surface area contributed by atoms with Gasteiger partial charge in [0.05, 0.1) is 4.92 Å². The fourth-order valence-electron chi connectivity index (χ4n) is 3.23. The zero-order valence-corrected chi connectivity index (χ0v) is 17.0. The van der Waals surface area contributed by atoms with Crippen LogP contribution in [0.1, 0.15) is 11.1 Å². The Hall–Kier alpha value is -2.85. The SMILES string of the molecule is O=C(COc1ccc([N+](=O)[O-])c(C(F)(F)F)c1)N1CCN(Cc2ccc(Cl)cc2)CC1. The van der Waals surface area contributed by atoms with E-state index in [0.717, 1.165) is 24.2 Å². The van der Waals surface area contributed by atoms with E-state index in [4.69, 9.17) is 16.3 Å². The highest BCUT2D eigenvalue weighted by Crippen LogP contribution is 2.38. The van der Waals surface area contributed by atoms with Crippen molar-refractivity contribution in [3.63, 3.8) is 0 Å². The topological polar surface area (TPSA) is 75.9 Å². The normalized spacial score (nSPS) is 15.0. The van der Waals surface area contributed by atoms with Crippen LogP contribution in [0.2, 0.25) is 5.02 Å². The lowest BCUT2D eigenvalue weighted by atomic mass is 10.1. The molecule has 1 saturated heterocycles. The first-order valence-electron chi connectivity index (χ1n) is 9.36. The van der Waals surface area contributed by atoms with Gasteiger partial charge in [-0.2, -0.15) is 13.2 Å². The second kappa shape index (κ2) is 9.52. The highest BCUT2D eigenvalue weighted by atomic mass is 35.5. The van der Waals surface area contributed by atoms with Crippen LogP contribution in [0.25, 0.3) is 0 Å². The molecule has 0 spiro atoms. The summed E-state index contributed by atoms with van der Waals surface area (Å²) in [7, 11) is 0. The molecule has 1 amide bonds. The summed E-state index contributed by atoms with van der Waals surface area (Å²) < 4.78 is 44.3. The van der Waals surface area contributed by atoms with Crippen LogP contribution in [0.15, 0.2) is 42.5 Å². The van der Waals surface area contributed by atoms with Gasteiger partial charge in [-0.25, -0.2) is 0 Å². The van der Waals surface area contributed by atoms with Crippen LogP contribution in [-0.4, -0.2) is 53.4 Å². The Morgan fingerprint density at radius 3 is 2.32 bits per heavy atom. The van der Waals surface area contributed by atoms with Gasteiger partial charge in [-0.3, -0.25) is 19.8 Å². The summed E-state index contributed by atoms with van der Waals surface area (Å²) >= 11 is 5.88. The van der Waals surface area contributed by atoms with Gasteiger partial charge in [0.1, 0.15) is 11.3 Å². The van der Waals surface area contributed by atoms with E-state index in [0.29, 0.717) is 37.3 Å². The summed E-state index contributed by atoms with van der Waals surface area (Å²) in [5.41, 5.74) is -1.38. The minimum Gasteiger partial charge on any atom is -0.484 e. The predicted molar refractivity (Wildman–Crippen MR) is 107 cm³/mol. The maximum Gasteiger partial charge on any atom is 0.423 e. The predicted octanol–water partition coefficient (Wildman–Crippen LogP) is 3.99. The first-order chi connectivity index (χ1) is 14.6. The molecule has 0 bridgehead atoms. The summed E-state index contributed by atoms with van der Waals surface area (Å²) in [5, 5.41) is 11.5. The number of rotatable bonds is 6. The van der Waals surface area contributed by atoms with Crippen molar-refractivity contribution in [1.82, 2.24) is 9.80 Å². The number of benzene rings is 2. The van der Waals surface area contributed by atoms with Crippen LogP contribution in [0.4, 0.5) is 18.9 Å². The van der Waals surface area contributed by atoms with Gasteiger partial charge in [0.15, 0.2) is 6.61 Å². The van der Waals surface area contributed by atoms with E-state index in [1.807, 2.05) is 24.3 Å². The Labute approximate surface area is 181 Å². The molecule has 7 nitrogen and oxygen atoms in total. The van der Waals surface area contributed by atoms with Crippen LogP contribution < -0.4 is 4.74 Å². The quantitative estimate of drug-likeness (QED) is 0.484. The summed E-state index contributed by atoms with van der Waals surface area (Å²) in [4.78, 5) is 25.8. The number of nitro benzene ring substituents is 1. The fourth-order valence-corrected chi connectivity index (χ4v) is 3.36. The number of amides is 1. The number of nitro groups is 1. The monoisotopic (exact) mass is 457 g/mol. The van der Waals surface area contributed by atoms with Crippen molar-refractivity contribution in [3.05, 3.63) is 68.7 Å². The molecule has 0 saturated carbocycles. The average molecular weight is 458 g/mol. The molecule has 0 aromatic heterocycles. The molecule has 0 unspecified atom stereocenters. The Bertz CT molecular complexity index is 946. The molecule has 166 valence electrons. The van der Waals surface area contributed by atoms with Crippen molar-refractivity contribution in [2.75, 3.05) is 32.8 Å². The number of piperazine rings is 1. The average Bonchev–Trinajstić information content (AvgIpc) is 2.73. The van der Waals surface area contributed by atoms with E-state index in [9.17, 15) is 28.1 Å². The molecular formula is C20H19ClF3N3O4. The molecule has 1 aliphatic heterocycles. The van der Waals surface area contributed by atoms with E-state index < -0.39 is 29.0 Å². The Balaban J connectivity index is 1.52. The minimum atomic E-state index is -4.91. The second-order valence-corrected chi connectivity index (χ2v) is 7.44. The van der Waals surface area contributed by atoms with Crippen molar-refractivity contribution in [2.24, 2.45) is 0 Å². The first-order valence-corrected chi connectivity index (χ1v) is 9.74. The minimum absolute atomic E-state index is 0.257. The molecule has 0 atom stereocenters. The number of carbonyl (C=O) groups excluding carboxylic acids is 1. The molecule has 3 rings (SSSR count). The van der Waals surface area contributed by atoms with Gasteiger partial charge >= 0.3 is 6.18 Å². The second-order valence-electron chi connectivity index (χ2n) is 7.01. The number of carbonyl (C=O) groups is 1. The molecule has 0 N–H and O–H groups in total. The van der Waals surface area contributed by atoms with Gasteiger partial charge in [-0.15, -0.1) is 0 Å². The number of hydrogen-bond donors (Lipinski definition) is 0. The van der Waals surface area contributed by atoms with Crippen LogP contribution in [-0.2, 0) is 17.5 Å². The van der Waals surface area contributed by atoms with Crippen molar-refractivity contribution in [1.29, 1.82) is 0 Å². The maximum absolute atomic E-state index is 13.0. The summed E-state index contributed by atoms with van der Waals surface area (Å²) in [5.74, 6) is -0.620. The van der Waals surface area contributed by atoms with Crippen LogP contribution >= 0.6 is 11.6 Å². The fraction of sp³-hybridized carbons (Fsp3) is 0.350. The third-order valence-corrected chi connectivity index (χ3v) is 5.13. The molecule has 2 aromatic carbocycles. The lowest BCUT2D eigenvalue weighted by Crippen LogP contribution is -2.49. The molecule has 31 heavy (non-hydrogen) atoms. The van der Waals surface area contributed by atoms with Gasteiger partial charge in [0, 0.05) is 43.8 Å². The van der Waals surface area contributed by atoms with E-state index in [-0.39, 0.29) is 11.7 Å². The number of alkyl halides is 3. The van der Waals surface area contributed by atoms with Crippen molar-refractivity contribution >= 4 is 23.2 Å². The van der Waals surface area contributed by atoms with Crippen molar-refractivity contribution < 1.29 is 27.6 Å². The summed E-state index contributed by atoms with van der Waals surface area (Å²) in [6, 6.07) is 9.81. The Morgan fingerprint density at radius 2 is 1.74 bits per heavy atom. The van der Waals surface area contributed by atoms with Gasteiger partial charge in [0.2, 0.25) is 0 Å². The summed E-state index contributed by atoms with van der Waals surface area (Å²) in [6.45, 7) is 2.48.